The number of unbranched alkanes of at least 4 members (excludes halogenated alkanes) is 1. The third-order valence-corrected chi connectivity index (χ3v) is 9.90. The minimum Gasteiger partial charge on any atom is -0.493 e. The molecule has 0 aliphatic carbocycles. The number of benzene rings is 4. The molecule has 0 fully saturated rings. The first kappa shape index (κ1) is 42.1. The number of amides is 2. The van der Waals surface area contributed by atoms with Gasteiger partial charge in [-0.2, -0.15) is 26.3 Å². The van der Waals surface area contributed by atoms with E-state index in [-0.39, 0.29) is 61.8 Å². The van der Waals surface area contributed by atoms with E-state index in [2.05, 4.69) is 0 Å². The maximum absolute atomic E-state index is 14.2. The number of hydrogen-bond donors (Lipinski definition) is 1. The SMILES string of the molecule is CC(C)Oc1ccc(C2(C)C=CC(=O)N(CCCCOc3c(CCc4ccccc4)cc(C(O)(C(F)(F)F)C(F)(F)F)cc3CCc3ccccc3)C2=O)cc1. The number of alkyl halides is 6. The molecule has 0 saturated heterocycles. The number of carbonyl (C=O) groups excluding carboxylic acids is 2. The summed E-state index contributed by atoms with van der Waals surface area (Å²) in [5, 5.41) is 10.5. The molecule has 2 amide bonds. The largest absolute Gasteiger partial charge is 0.493 e. The van der Waals surface area contributed by atoms with Crippen LogP contribution in [0, 0.1) is 0 Å². The highest BCUT2D eigenvalue weighted by molar-refractivity contribution is 6.09. The van der Waals surface area contributed by atoms with Crippen LogP contribution in [0.4, 0.5) is 26.3 Å². The molecule has 12 heteroatoms. The van der Waals surface area contributed by atoms with Crippen molar-refractivity contribution in [2.45, 2.75) is 88.8 Å². The Morgan fingerprint density at radius 3 is 1.73 bits per heavy atom. The predicted octanol–water partition coefficient (Wildman–Crippen LogP) is 9.40. The minimum absolute atomic E-state index is 0.0144. The zero-order chi connectivity index (χ0) is 40.7. The Balaban J connectivity index is 1.39. The molecule has 1 aliphatic heterocycles. The number of nitrogens with zero attached hydrogens (tertiary/aromatic N) is 1. The number of hydrogen-bond acceptors (Lipinski definition) is 5. The van der Waals surface area contributed by atoms with Crippen LogP contribution < -0.4 is 9.47 Å². The van der Waals surface area contributed by atoms with Crippen LogP contribution in [-0.2, 0) is 46.3 Å². The molecule has 1 unspecified atom stereocenters. The fourth-order valence-electron chi connectivity index (χ4n) is 6.76. The lowest BCUT2D eigenvalue weighted by Gasteiger charge is -2.34. The summed E-state index contributed by atoms with van der Waals surface area (Å²) >= 11 is 0. The summed E-state index contributed by atoms with van der Waals surface area (Å²) < 4.78 is 97.0. The smallest absolute Gasteiger partial charge is 0.430 e. The van der Waals surface area contributed by atoms with E-state index in [1.807, 2.05) is 13.8 Å². The fourth-order valence-corrected chi connectivity index (χ4v) is 6.76. The van der Waals surface area contributed by atoms with Crippen LogP contribution >= 0.6 is 0 Å². The van der Waals surface area contributed by atoms with E-state index >= 15 is 0 Å². The Kier molecular flexibility index (Phi) is 13.0. The third-order valence-electron chi connectivity index (χ3n) is 9.90. The van der Waals surface area contributed by atoms with Gasteiger partial charge in [-0.3, -0.25) is 14.5 Å². The highest BCUT2D eigenvalue weighted by Crippen LogP contribution is 2.51. The molecule has 1 N–H and O–H groups in total. The van der Waals surface area contributed by atoms with Gasteiger partial charge < -0.3 is 14.6 Å². The molecule has 56 heavy (non-hydrogen) atoms. The maximum atomic E-state index is 14.2. The van der Waals surface area contributed by atoms with E-state index in [1.54, 1.807) is 97.9 Å². The number of rotatable bonds is 16. The highest BCUT2D eigenvalue weighted by atomic mass is 19.4. The van der Waals surface area contributed by atoms with Crippen molar-refractivity contribution in [3.8, 4) is 11.5 Å². The number of aryl methyl sites for hydroxylation is 4. The lowest BCUT2D eigenvalue weighted by Crippen LogP contribution is -2.54. The van der Waals surface area contributed by atoms with Gasteiger partial charge in [0.2, 0.25) is 5.91 Å². The lowest BCUT2D eigenvalue weighted by molar-refractivity contribution is -0.376. The molecule has 0 radical (unpaired) electrons. The van der Waals surface area contributed by atoms with Crippen LogP contribution in [0.1, 0.15) is 67.0 Å². The van der Waals surface area contributed by atoms with Gasteiger partial charge in [-0.15, -0.1) is 0 Å². The molecule has 0 aromatic heterocycles. The molecule has 1 atom stereocenters. The van der Waals surface area contributed by atoms with Crippen molar-refractivity contribution >= 4 is 11.8 Å². The van der Waals surface area contributed by atoms with Crippen molar-refractivity contribution in [1.82, 2.24) is 4.90 Å². The Morgan fingerprint density at radius 2 is 1.25 bits per heavy atom. The Labute approximate surface area is 322 Å². The lowest BCUT2D eigenvalue weighted by atomic mass is 9.79. The average Bonchev–Trinajstić information content (AvgIpc) is 3.15. The number of imide groups is 1. The molecular formula is C44H45F6NO5. The second-order valence-corrected chi connectivity index (χ2v) is 14.4. The fraction of sp³-hybridized carbons (Fsp3) is 0.364. The van der Waals surface area contributed by atoms with Crippen LogP contribution in [-0.4, -0.2) is 53.4 Å². The normalized spacial score (nSPS) is 16.4. The molecule has 0 spiro atoms. The molecule has 0 saturated carbocycles. The topological polar surface area (TPSA) is 76.1 Å². The van der Waals surface area contributed by atoms with Gasteiger partial charge in [0.25, 0.3) is 11.5 Å². The van der Waals surface area contributed by atoms with Gasteiger partial charge in [0.1, 0.15) is 11.5 Å². The number of halogens is 6. The summed E-state index contributed by atoms with van der Waals surface area (Å²) in [6.07, 6.45) is -8.05. The Morgan fingerprint density at radius 1 is 0.732 bits per heavy atom. The minimum atomic E-state index is -6.07. The van der Waals surface area contributed by atoms with Crippen molar-refractivity contribution < 1.29 is 50.5 Å². The summed E-state index contributed by atoms with van der Waals surface area (Å²) in [5.74, 6) is -0.105. The third kappa shape index (κ3) is 9.46. The molecule has 4 aromatic carbocycles. The van der Waals surface area contributed by atoms with Gasteiger partial charge >= 0.3 is 12.4 Å². The first-order valence-electron chi connectivity index (χ1n) is 18.5. The van der Waals surface area contributed by atoms with E-state index in [9.17, 15) is 41.0 Å². The second kappa shape index (κ2) is 17.4. The van der Waals surface area contributed by atoms with Crippen molar-refractivity contribution in [2.24, 2.45) is 0 Å². The van der Waals surface area contributed by atoms with E-state index < -0.39 is 40.7 Å². The summed E-state index contributed by atoms with van der Waals surface area (Å²) in [6, 6.07) is 26.4. The first-order chi connectivity index (χ1) is 26.4. The molecule has 6 nitrogen and oxygen atoms in total. The predicted molar refractivity (Wildman–Crippen MR) is 200 cm³/mol. The van der Waals surface area contributed by atoms with Gasteiger partial charge in [-0.05, 0) is 111 Å². The van der Waals surface area contributed by atoms with Crippen LogP contribution in [0.25, 0.3) is 0 Å². The van der Waals surface area contributed by atoms with Crippen molar-refractivity contribution in [1.29, 1.82) is 0 Å². The van der Waals surface area contributed by atoms with Gasteiger partial charge in [0, 0.05) is 18.2 Å². The zero-order valence-corrected chi connectivity index (χ0v) is 31.4. The van der Waals surface area contributed by atoms with Crippen LogP contribution in [0.3, 0.4) is 0 Å². The Bertz CT molecular complexity index is 1900. The zero-order valence-electron chi connectivity index (χ0n) is 31.4. The highest BCUT2D eigenvalue weighted by Gasteiger charge is 2.71. The molecule has 1 heterocycles. The van der Waals surface area contributed by atoms with Gasteiger partial charge in [-0.25, -0.2) is 0 Å². The summed E-state index contributed by atoms with van der Waals surface area (Å²) in [4.78, 5) is 27.8. The second-order valence-electron chi connectivity index (χ2n) is 14.4. The summed E-state index contributed by atoms with van der Waals surface area (Å²) in [7, 11) is 0. The monoisotopic (exact) mass is 781 g/mol. The quantitative estimate of drug-likeness (QED) is 0.0697. The standard InChI is InChI=1S/C44H45F6NO5/c1-30(2)56-37-22-20-35(21-23-37)41(3)25-24-38(52)51(40(41)53)26-10-11-27-55-39-33(18-16-31-12-6-4-7-13-31)28-36(42(54,43(45,46)47)44(48,49)50)29-34(39)19-17-32-14-8-5-9-15-32/h4-9,12-15,20-25,28-30,54H,10-11,16-19,26-27H2,1-3H3. The molecule has 5 rings (SSSR count). The van der Waals surface area contributed by atoms with Crippen molar-refractivity contribution in [2.75, 3.05) is 13.2 Å². The molecule has 1 aliphatic rings. The number of aliphatic hydroxyl groups is 1. The molecule has 298 valence electrons. The first-order valence-corrected chi connectivity index (χ1v) is 18.5. The molecular weight excluding hydrogens is 736 g/mol. The Hall–Kier alpha value is -5.10. The summed E-state index contributed by atoms with van der Waals surface area (Å²) in [5.41, 5.74) is -5.14. The van der Waals surface area contributed by atoms with Gasteiger partial charge in [-0.1, -0.05) is 78.9 Å². The number of ether oxygens (including phenoxy) is 2. The maximum Gasteiger partial charge on any atom is 0.430 e. The van der Waals surface area contributed by atoms with E-state index in [0.717, 1.165) is 23.3 Å². The van der Waals surface area contributed by atoms with Crippen LogP contribution in [0.5, 0.6) is 11.5 Å². The summed E-state index contributed by atoms with van der Waals surface area (Å²) in [6.45, 7) is 5.57. The molecule has 0 bridgehead atoms. The van der Waals surface area contributed by atoms with E-state index in [0.29, 0.717) is 24.2 Å². The van der Waals surface area contributed by atoms with E-state index in [1.165, 1.54) is 11.0 Å². The van der Waals surface area contributed by atoms with Crippen molar-refractivity contribution in [3.05, 3.63) is 143 Å². The van der Waals surface area contributed by atoms with Crippen LogP contribution in [0.2, 0.25) is 0 Å². The molecule has 4 aromatic rings. The average molecular weight is 782 g/mol. The number of carbonyl (C=O) groups is 2. The van der Waals surface area contributed by atoms with Crippen molar-refractivity contribution in [3.63, 3.8) is 0 Å². The van der Waals surface area contributed by atoms with Gasteiger partial charge in [0.05, 0.1) is 18.1 Å². The van der Waals surface area contributed by atoms with Crippen LogP contribution in [0.15, 0.2) is 109 Å². The van der Waals surface area contributed by atoms with E-state index in [4.69, 9.17) is 9.47 Å². The van der Waals surface area contributed by atoms with Gasteiger partial charge in [0.15, 0.2) is 0 Å².